The molecule has 1 saturated heterocycles. The lowest BCUT2D eigenvalue weighted by atomic mass is 10.0. The monoisotopic (exact) mass is 428 g/mol. The van der Waals surface area contributed by atoms with Crippen LogP contribution in [0.1, 0.15) is 23.6 Å². The maximum Gasteiger partial charge on any atom is 0.227 e. The third-order valence-corrected chi connectivity index (χ3v) is 5.80. The number of amides is 1. The number of hydrogen-bond acceptors (Lipinski definition) is 6. The Bertz CT molecular complexity index is 849. The number of benzene rings is 2. The topological polar surface area (TPSA) is 71.5 Å². The minimum atomic E-state index is -0.295. The zero-order valence-corrected chi connectivity index (χ0v) is 18.7. The summed E-state index contributed by atoms with van der Waals surface area (Å²) >= 11 is 0. The van der Waals surface area contributed by atoms with Crippen LogP contribution < -0.4 is 14.2 Å². The lowest BCUT2D eigenvalue weighted by molar-refractivity contribution is -0.131. The third-order valence-electron chi connectivity index (χ3n) is 5.80. The van der Waals surface area contributed by atoms with Gasteiger partial charge in [0.1, 0.15) is 0 Å². The number of methoxy groups -OCH3 is 3. The molecule has 3 rings (SSSR count). The van der Waals surface area contributed by atoms with Crippen molar-refractivity contribution in [2.24, 2.45) is 0 Å². The Kier molecular flexibility index (Phi) is 7.76. The molecule has 1 aliphatic heterocycles. The predicted molar refractivity (Wildman–Crippen MR) is 119 cm³/mol. The molecule has 0 bridgehead atoms. The van der Waals surface area contributed by atoms with Gasteiger partial charge >= 0.3 is 0 Å². The highest BCUT2D eigenvalue weighted by Gasteiger charge is 2.28. The average Bonchev–Trinajstić information content (AvgIpc) is 3.21. The Hall–Kier alpha value is -2.77. The molecule has 1 heterocycles. The molecule has 0 spiro atoms. The zero-order valence-electron chi connectivity index (χ0n) is 18.7. The number of nitrogens with zero attached hydrogens (tertiary/aromatic N) is 2. The molecule has 168 valence electrons. The molecule has 1 amide bonds. The van der Waals surface area contributed by atoms with Gasteiger partial charge in [-0.2, -0.15) is 0 Å². The van der Waals surface area contributed by atoms with Crippen molar-refractivity contribution in [3.05, 3.63) is 53.6 Å². The van der Waals surface area contributed by atoms with Gasteiger partial charge in [-0.1, -0.05) is 30.3 Å². The van der Waals surface area contributed by atoms with Gasteiger partial charge in [-0.15, -0.1) is 0 Å². The maximum atomic E-state index is 13.3. The quantitative estimate of drug-likeness (QED) is 0.662. The first-order valence-corrected chi connectivity index (χ1v) is 10.5. The molecule has 2 aromatic rings. The molecular weight excluding hydrogens is 396 g/mol. The van der Waals surface area contributed by atoms with Crippen LogP contribution >= 0.6 is 0 Å². The molecule has 0 aliphatic carbocycles. The summed E-state index contributed by atoms with van der Waals surface area (Å²) in [6.45, 7) is 2.15. The van der Waals surface area contributed by atoms with E-state index in [2.05, 4.69) is 4.90 Å². The van der Waals surface area contributed by atoms with E-state index in [9.17, 15) is 9.90 Å². The highest BCUT2D eigenvalue weighted by molar-refractivity contribution is 5.79. The Morgan fingerprint density at radius 3 is 2.29 bits per heavy atom. The normalized spacial score (nSPS) is 17.3. The summed E-state index contributed by atoms with van der Waals surface area (Å²) in [5.41, 5.74) is 1.86. The maximum absolute atomic E-state index is 13.3. The van der Waals surface area contributed by atoms with Gasteiger partial charge in [0.05, 0.1) is 39.9 Å². The second-order valence-electron chi connectivity index (χ2n) is 7.84. The number of likely N-dealkylation sites (tertiary alicyclic amines) is 1. The van der Waals surface area contributed by atoms with Gasteiger partial charge < -0.3 is 24.2 Å². The van der Waals surface area contributed by atoms with E-state index in [1.807, 2.05) is 37.4 Å². The van der Waals surface area contributed by atoms with Crippen LogP contribution in [0.4, 0.5) is 0 Å². The van der Waals surface area contributed by atoms with Crippen LogP contribution in [0.5, 0.6) is 17.2 Å². The van der Waals surface area contributed by atoms with Crippen LogP contribution in [0.25, 0.3) is 0 Å². The summed E-state index contributed by atoms with van der Waals surface area (Å²) in [6, 6.07) is 13.5. The van der Waals surface area contributed by atoms with E-state index in [0.717, 1.165) is 24.1 Å². The summed E-state index contributed by atoms with van der Waals surface area (Å²) < 4.78 is 16.2. The van der Waals surface area contributed by atoms with Gasteiger partial charge in [0.25, 0.3) is 0 Å². The fraction of sp³-hybridized carbons (Fsp3) is 0.458. The lowest BCUT2D eigenvalue weighted by Crippen LogP contribution is -2.39. The van der Waals surface area contributed by atoms with Gasteiger partial charge in [0, 0.05) is 26.7 Å². The Morgan fingerprint density at radius 1 is 1.13 bits per heavy atom. The summed E-state index contributed by atoms with van der Waals surface area (Å²) in [6.07, 6.45) is 0.681. The molecule has 0 radical (unpaired) electrons. The molecule has 31 heavy (non-hydrogen) atoms. The summed E-state index contributed by atoms with van der Waals surface area (Å²) in [5, 5.41) is 9.91. The minimum Gasteiger partial charge on any atom is -0.493 e. The van der Waals surface area contributed by atoms with E-state index in [-0.39, 0.29) is 24.5 Å². The molecule has 7 nitrogen and oxygen atoms in total. The molecule has 7 heteroatoms. The van der Waals surface area contributed by atoms with Crippen LogP contribution in [0.2, 0.25) is 0 Å². The molecule has 0 aromatic heterocycles. The molecule has 1 fully saturated rings. The van der Waals surface area contributed by atoms with Gasteiger partial charge in [0.2, 0.25) is 11.7 Å². The summed E-state index contributed by atoms with van der Waals surface area (Å²) in [4.78, 5) is 17.3. The fourth-order valence-electron chi connectivity index (χ4n) is 4.06. The van der Waals surface area contributed by atoms with Gasteiger partial charge in [-0.25, -0.2) is 0 Å². The summed E-state index contributed by atoms with van der Waals surface area (Å²) in [5.74, 6) is 1.54. The van der Waals surface area contributed by atoms with E-state index >= 15 is 0 Å². The second-order valence-corrected chi connectivity index (χ2v) is 7.84. The zero-order chi connectivity index (χ0) is 22.4. The van der Waals surface area contributed by atoms with Crippen LogP contribution in [0.15, 0.2) is 42.5 Å². The van der Waals surface area contributed by atoms with Crippen LogP contribution in [-0.4, -0.2) is 74.9 Å². The Labute approximate surface area is 184 Å². The number of ether oxygens (including phenoxy) is 3. The van der Waals surface area contributed by atoms with Crippen molar-refractivity contribution in [1.29, 1.82) is 0 Å². The average molecular weight is 429 g/mol. The molecule has 1 N–H and O–H groups in total. The highest BCUT2D eigenvalue weighted by atomic mass is 16.5. The molecule has 0 unspecified atom stereocenters. The van der Waals surface area contributed by atoms with Crippen molar-refractivity contribution in [3.63, 3.8) is 0 Å². The van der Waals surface area contributed by atoms with E-state index in [1.54, 1.807) is 38.4 Å². The third kappa shape index (κ3) is 5.48. The molecule has 2 atom stereocenters. The van der Waals surface area contributed by atoms with Crippen LogP contribution in [0, 0.1) is 0 Å². The number of carbonyl (C=O) groups excluding carboxylic acids is 1. The number of β-amino-alcohol motifs (C(OH)–C–C–N with tert-alkyl or cyclic N) is 1. The SMILES string of the molecule is COc1cc(CC(=O)N(C)[C@H](CN2CC[C@H](O)C2)c2ccccc2)cc(OC)c1OC. The smallest absolute Gasteiger partial charge is 0.227 e. The number of hydrogen-bond donors (Lipinski definition) is 1. The molecule has 1 aliphatic rings. The van der Waals surface area contributed by atoms with Crippen molar-refractivity contribution in [1.82, 2.24) is 9.80 Å². The number of likely N-dealkylation sites (N-methyl/N-ethyl adjacent to an activating group) is 1. The largest absolute Gasteiger partial charge is 0.493 e. The van der Waals surface area contributed by atoms with E-state index in [4.69, 9.17) is 14.2 Å². The molecule has 0 saturated carbocycles. The highest BCUT2D eigenvalue weighted by Crippen LogP contribution is 2.38. The first-order valence-electron chi connectivity index (χ1n) is 10.5. The molecular formula is C24H32N2O5. The number of carbonyl (C=O) groups is 1. The van der Waals surface area contributed by atoms with E-state index in [0.29, 0.717) is 30.3 Å². The lowest BCUT2D eigenvalue weighted by Gasteiger charge is -2.32. The van der Waals surface area contributed by atoms with Crippen molar-refractivity contribution in [2.75, 3.05) is 48.0 Å². The van der Waals surface area contributed by atoms with Crippen molar-refractivity contribution >= 4 is 5.91 Å². The number of aliphatic hydroxyl groups excluding tert-OH is 1. The minimum absolute atomic E-state index is 0.0112. The van der Waals surface area contributed by atoms with E-state index in [1.165, 1.54) is 0 Å². The Morgan fingerprint density at radius 2 is 1.77 bits per heavy atom. The second kappa shape index (κ2) is 10.5. The number of rotatable bonds is 9. The van der Waals surface area contributed by atoms with Gasteiger partial charge in [-0.3, -0.25) is 9.69 Å². The molecule has 2 aromatic carbocycles. The van der Waals surface area contributed by atoms with Crippen LogP contribution in [0.3, 0.4) is 0 Å². The van der Waals surface area contributed by atoms with Crippen molar-refractivity contribution < 1.29 is 24.1 Å². The van der Waals surface area contributed by atoms with E-state index < -0.39 is 0 Å². The first kappa shape index (κ1) is 22.9. The van der Waals surface area contributed by atoms with Gasteiger partial charge in [-0.05, 0) is 29.7 Å². The standard InChI is InChI=1S/C24H32N2O5/c1-25(20(18-8-6-5-7-9-18)16-26-11-10-19(27)15-26)23(28)14-17-12-21(29-2)24(31-4)22(13-17)30-3/h5-9,12-13,19-20,27H,10-11,14-16H2,1-4H3/t19-,20+/m0/s1. The fourth-order valence-corrected chi connectivity index (χ4v) is 4.06. The van der Waals surface area contributed by atoms with Crippen LogP contribution in [-0.2, 0) is 11.2 Å². The Balaban J connectivity index is 1.81. The van der Waals surface area contributed by atoms with Crippen molar-refractivity contribution in [3.8, 4) is 17.2 Å². The predicted octanol–water partition coefficient (Wildman–Crippen LogP) is 2.52. The van der Waals surface area contributed by atoms with Gasteiger partial charge in [0.15, 0.2) is 11.5 Å². The van der Waals surface area contributed by atoms with Crippen molar-refractivity contribution in [2.45, 2.75) is 25.0 Å². The first-order chi connectivity index (χ1) is 15.0. The number of aliphatic hydroxyl groups is 1. The summed E-state index contributed by atoms with van der Waals surface area (Å²) in [7, 11) is 6.51.